The van der Waals surface area contributed by atoms with Crippen molar-refractivity contribution in [3.8, 4) is 0 Å². The molecule has 0 saturated carbocycles. The molecule has 15 heavy (non-hydrogen) atoms. The Morgan fingerprint density at radius 2 is 2.00 bits per heavy atom. The van der Waals surface area contributed by atoms with Crippen LogP contribution in [0.4, 0.5) is 13.2 Å². The molecule has 1 atom stereocenters. The largest absolute Gasteiger partial charge is 0.416 e. The maximum atomic E-state index is 12.6. The first kappa shape index (κ1) is 12.3. The van der Waals surface area contributed by atoms with E-state index in [2.05, 4.69) is 22.5 Å². The zero-order valence-electron chi connectivity index (χ0n) is 7.68. The number of halogens is 4. The Kier molecular flexibility index (Phi) is 3.57. The molecule has 0 spiro atoms. The van der Waals surface area contributed by atoms with E-state index in [1.807, 2.05) is 0 Å². The SMILES string of the molecule is C=CC(N)c1ccc(Br)cc1C(F)(F)F. The molecule has 0 heterocycles. The second-order valence-electron chi connectivity index (χ2n) is 2.99. The van der Waals surface area contributed by atoms with Crippen LogP contribution in [0, 0.1) is 0 Å². The van der Waals surface area contributed by atoms with E-state index in [0.29, 0.717) is 4.47 Å². The van der Waals surface area contributed by atoms with Crippen LogP contribution in [0.3, 0.4) is 0 Å². The summed E-state index contributed by atoms with van der Waals surface area (Å²) in [6.45, 7) is 3.38. The molecule has 0 radical (unpaired) electrons. The number of benzene rings is 1. The van der Waals surface area contributed by atoms with Crippen LogP contribution < -0.4 is 5.73 Å². The third kappa shape index (κ3) is 2.82. The number of rotatable bonds is 2. The van der Waals surface area contributed by atoms with Gasteiger partial charge in [-0.25, -0.2) is 0 Å². The summed E-state index contributed by atoms with van der Waals surface area (Å²) < 4.78 is 38.2. The van der Waals surface area contributed by atoms with Crippen molar-refractivity contribution in [1.29, 1.82) is 0 Å². The molecule has 0 amide bonds. The van der Waals surface area contributed by atoms with Gasteiger partial charge in [-0.3, -0.25) is 0 Å². The van der Waals surface area contributed by atoms with Crippen molar-refractivity contribution in [3.63, 3.8) is 0 Å². The third-order valence-corrected chi connectivity index (χ3v) is 2.43. The molecule has 5 heteroatoms. The lowest BCUT2D eigenvalue weighted by atomic mass is 10.0. The van der Waals surface area contributed by atoms with Gasteiger partial charge >= 0.3 is 6.18 Å². The Bertz CT molecular complexity index is 373. The van der Waals surface area contributed by atoms with Crippen LogP contribution in [-0.4, -0.2) is 0 Å². The smallest absolute Gasteiger partial charge is 0.321 e. The molecule has 0 fully saturated rings. The monoisotopic (exact) mass is 279 g/mol. The maximum Gasteiger partial charge on any atom is 0.416 e. The van der Waals surface area contributed by atoms with Gasteiger partial charge in [-0.2, -0.15) is 13.2 Å². The third-order valence-electron chi connectivity index (χ3n) is 1.93. The van der Waals surface area contributed by atoms with Crippen LogP contribution in [0.25, 0.3) is 0 Å². The average molecular weight is 280 g/mol. The molecule has 0 aromatic heterocycles. The molecule has 1 rings (SSSR count). The summed E-state index contributed by atoms with van der Waals surface area (Å²) in [5.41, 5.74) is 4.80. The van der Waals surface area contributed by atoms with Crippen molar-refractivity contribution in [2.45, 2.75) is 12.2 Å². The Morgan fingerprint density at radius 1 is 1.40 bits per heavy atom. The number of alkyl halides is 3. The molecule has 0 saturated heterocycles. The fourth-order valence-electron chi connectivity index (χ4n) is 1.19. The second-order valence-corrected chi connectivity index (χ2v) is 3.91. The molecule has 1 aromatic carbocycles. The molecule has 0 bridgehead atoms. The summed E-state index contributed by atoms with van der Waals surface area (Å²) in [6.07, 6.45) is -3.13. The fraction of sp³-hybridized carbons (Fsp3) is 0.200. The first-order valence-electron chi connectivity index (χ1n) is 4.11. The normalized spacial score (nSPS) is 13.7. The summed E-state index contributed by atoms with van der Waals surface area (Å²) in [5, 5.41) is 0. The van der Waals surface area contributed by atoms with Crippen LogP contribution in [0.1, 0.15) is 17.2 Å². The van der Waals surface area contributed by atoms with Crippen LogP contribution in [0.15, 0.2) is 35.3 Å². The van der Waals surface area contributed by atoms with E-state index >= 15 is 0 Å². The van der Waals surface area contributed by atoms with E-state index in [1.54, 1.807) is 0 Å². The molecular formula is C10H9BrF3N. The molecule has 1 aromatic rings. The Labute approximate surface area is 93.9 Å². The van der Waals surface area contributed by atoms with E-state index in [1.165, 1.54) is 18.2 Å². The molecule has 2 N–H and O–H groups in total. The highest BCUT2D eigenvalue weighted by Crippen LogP contribution is 2.35. The summed E-state index contributed by atoms with van der Waals surface area (Å²) in [7, 11) is 0. The van der Waals surface area contributed by atoms with Gasteiger partial charge in [0.2, 0.25) is 0 Å². The Morgan fingerprint density at radius 3 is 2.47 bits per heavy atom. The quantitative estimate of drug-likeness (QED) is 0.822. The van der Waals surface area contributed by atoms with E-state index in [0.717, 1.165) is 6.07 Å². The molecule has 0 aliphatic heterocycles. The van der Waals surface area contributed by atoms with Crippen molar-refractivity contribution in [2.75, 3.05) is 0 Å². The lowest BCUT2D eigenvalue weighted by Gasteiger charge is -2.16. The van der Waals surface area contributed by atoms with Crippen LogP contribution >= 0.6 is 15.9 Å². The van der Waals surface area contributed by atoms with Crippen molar-refractivity contribution in [2.24, 2.45) is 5.73 Å². The fourth-order valence-corrected chi connectivity index (χ4v) is 1.55. The molecule has 0 aliphatic rings. The molecule has 1 nitrogen and oxygen atoms in total. The minimum Gasteiger partial charge on any atom is -0.321 e. The summed E-state index contributed by atoms with van der Waals surface area (Å²) in [4.78, 5) is 0. The number of hydrogen-bond donors (Lipinski definition) is 1. The zero-order valence-corrected chi connectivity index (χ0v) is 9.27. The zero-order chi connectivity index (χ0) is 11.6. The van der Waals surface area contributed by atoms with E-state index < -0.39 is 17.8 Å². The first-order chi connectivity index (χ1) is 6.86. The number of nitrogens with two attached hydrogens (primary N) is 1. The molecular weight excluding hydrogens is 271 g/mol. The van der Waals surface area contributed by atoms with Crippen LogP contribution in [0.2, 0.25) is 0 Å². The number of hydrogen-bond acceptors (Lipinski definition) is 1. The molecule has 1 unspecified atom stereocenters. The predicted molar refractivity (Wildman–Crippen MR) is 56.3 cm³/mol. The van der Waals surface area contributed by atoms with Crippen molar-refractivity contribution >= 4 is 15.9 Å². The van der Waals surface area contributed by atoms with Gasteiger partial charge in [-0.05, 0) is 17.7 Å². The topological polar surface area (TPSA) is 26.0 Å². The Hall–Kier alpha value is -0.810. The molecule has 0 aliphatic carbocycles. The van der Waals surface area contributed by atoms with Gasteiger partial charge in [0.25, 0.3) is 0 Å². The highest BCUT2D eigenvalue weighted by molar-refractivity contribution is 9.10. The minimum atomic E-state index is -4.40. The van der Waals surface area contributed by atoms with Crippen LogP contribution in [-0.2, 0) is 6.18 Å². The minimum absolute atomic E-state index is 0.0284. The van der Waals surface area contributed by atoms with E-state index in [-0.39, 0.29) is 5.56 Å². The first-order valence-corrected chi connectivity index (χ1v) is 4.90. The standard InChI is InChI=1S/C10H9BrF3N/c1-2-9(15)7-4-3-6(11)5-8(7)10(12,13)14/h2-5,9H,1,15H2. The maximum absolute atomic E-state index is 12.6. The average Bonchev–Trinajstić information content (AvgIpc) is 2.15. The van der Waals surface area contributed by atoms with Gasteiger partial charge in [0.05, 0.1) is 5.56 Å². The lowest BCUT2D eigenvalue weighted by molar-refractivity contribution is -0.138. The van der Waals surface area contributed by atoms with Crippen LogP contribution in [0.5, 0.6) is 0 Å². The molecule has 82 valence electrons. The van der Waals surface area contributed by atoms with Gasteiger partial charge in [-0.1, -0.05) is 28.1 Å². The summed E-state index contributed by atoms with van der Waals surface area (Å²) in [6, 6.07) is 3.07. The van der Waals surface area contributed by atoms with E-state index in [4.69, 9.17) is 5.73 Å². The second kappa shape index (κ2) is 4.37. The van der Waals surface area contributed by atoms with Gasteiger partial charge < -0.3 is 5.73 Å². The van der Waals surface area contributed by atoms with Gasteiger partial charge in [0, 0.05) is 10.5 Å². The van der Waals surface area contributed by atoms with Gasteiger partial charge in [0.1, 0.15) is 0 Å². The van der Waals surface area contributed by atoms with E-state index in [9.17, 15) is 13.2 Å². The van der Waals surface area contributed by atoms with Gasteiger partial charge in [0.15, 0.2) is 0 Å². The highest BCUT2D eigenvalue weighted by atomic mass is 79.9. The Balaban J connectivity index is 3.33. The van der Waals surface area contributed by atoms with Crippen molar-refractivity contribution < 1.29 is 13.2 Å². The van der Waals surface area contributed by atoms with Gasteiger partial charge in [-0.15, -0.1) is 6.58 Å². The summed E-state index contributed by atoms with van der Waals surface area (Å²) >= 11 is 2.99. The highest BCUT2D eigenvalue weighted by Gasteiger charge is 2.34. The van der Waals surface area contributed by atoms with Crippen molar-refractivity contribution in [1.82, 2.24) is 0 Å². The predicted octanol–water partition coefficient (Wildman–Crippen LogP) is 3.65. The lowest BCUT2D eigenvalue weighted by Crippen LogP contribution is -2.15. The van der Waals surface area contributed by atoms with Crippen molar-refractivity contribution in [3.05, 3.63) is 46.5 Å². The summed E-state index contributed by atoms with van der Waals surface area (Å²) in [5.74, 6) is 0.